The van der Waals surface area contributed by atoms with Crippen LogP contribution in [0.2, 0.25) is 0 Å². The van der Waals surface area contributed by atoms with Gasteiger partial charge in [0.25, 0.3) is 0 Å². The standard InChI is InChI=1S/C16H23NO2/c1-3-19-16(18)14-6-4-5-7-15(14)17-13-10-8-12(2)9-11-13/h4-7,12-13,17H,3,8-11H2,1-2H3. The third-order valence-corrected chi connectivity index (χ3v) is 3.80. The Morgan fingerprint density at radius 1 is 1.26 bits per heavy atom. The van der Waals surface area contributed by atoms with Gasteiger partial charge in [-0.3, -0.25) is 0 Å². The molecule has 0 bridgehead atoms. The number of para-hydroxylation sites is 1. The third kappa shape index (κ3) is 3.72. The van der Waals surface area contributed by atoms with Crippen LogP contribution < -0.4 is 5.32 Å². The van der Waals surface area contributed by atoms with E-state index >= 15 is 0 Å². The molecule has 1 aliphatic rings. The summed E-state index contributed by atoms with van der Waals surface area (Å²) in [4.78, 5) is 11.9. The monoisotopic (exact) mass is 261 g/mol. The van der Waals surface area contributed by atoms with Gasteiger partial charge >= 0.3 is 5.97 Å². The molecule has 0 aliphatic heterocycles. The molecule has 0 spiro atoms. The summed E-state index contributed by atoms with van der Waals surface area (Å²) in [6, 6.07) is 8.10. The van der Waals surface area contributed by atoms with E-state index in [4.69, 9.17) is 4.74 Å². The maximum Gasteiger partial charge on any atom is 0.340 e. The minimum atomic E-state index is -0.241. The highest BCUT2D eigenvalue weighted by Crippen LogP contribution is 2.27. The van der Waals surface area contributed by atoms with Crippen molar-refractivity contribution in [2.45, 2.75) is 45.6 Å². The Morgan fingerprint density at radius 3 is 2.63 bits per heavy atom. The zero-order valence-corrected chi connectivity index (χ0v) is 11.8. The van der Waals surface area contributed by atoms with Gasteiger partial charge in [0, 0.05) is 11.7 Å². The van der Waals surface area contributed by atoms with Gasteiger partial charge in [-0.1, -0.05) is 19.1 Å². The second-order valence-corrected chi connectivity index (χ2v) is 5.37. The molecular formula is C16H23NO2. The molecule has 1 aromatic carbocycles. The number of benzene rings is 1. The summed E-state index contributed by atoms with van der Waals surface area (Å²) >= 11 is 0. The van der Waals surface area contributed by atoms with Crippen molar-refractivity contribution in [2.24, 2.45) is 5.92 Å². The van der Waals surface area contributed by atoms with E-state index in [1.165, 1.54) is 25.7 Å². The second-order valence-electron chi connectivity index (χ2n) is 5.37. The first-order valence-electron chi connectivity index (χ1n) is 7.23. The zero-order chi connectivity index (χ0) is 13.7. The molecule has 0 heterocycles. The summed E-state index contributed by atoms with van der Waals surface area (Å²) in [6.45, 7) is 4.55. The summed E-state index contributed by atoms with van der Waals surface area (Å²) in [5, 5.41) is 3.51. The number of hydrogen-bond donors (Lipinski definition) is 1. The Balaban J connectivity index is 2.05. The molecule has 104 valence electrons. The molecule has 0 aromatic heterocycles. The predicted octanol–water partition coefficient (Wildman–Crippen LogP) is 3.85. The first-order chi connectivity index (χ1) is 9.20. The first kappa shape index (κ1) is 13.9. The average Bonchev–Trinajstić information content (AvgIpc) is 2.42. The van der Waals surface area contributed by atoms with Crippen molar-refractivity contribution in [2.75, 3.05) is 11.9 Å². The minimum Gasteiger partial charge on any atom is -0.462 e. The molecule has 19 heavy (non-hydrogen) atoms. The Hall–Kier alpha value is -1.51. The Labute approximate surface area is 115 Å². The van der Waals surface area contributed by atoms with E-state index in [0.29, 0.717) is 18.2 Å². The minimum absolute atomic E-state index is 0.241. The van der Waals surface area contributed by atoms with Gasteiger partial charge < -0.3 is 10.1 Å². The molecule has 0 amide bonds. The van der Waals surface area contributed by atoms with Crippen LogP contribution in [0.15, 0.2) is 24.3 Å². The zero-order valence-electron chi connectivity index (χ0n) is 11.8. The van der Waals surface area contributed by atoms with Crippen molar-refractivity contribution in [1.82, 2.24) is 0 Å². The smallest absolute Gasteiger partial charge is 0.340 e. The lowest BCUT2D eigenvalue weighted by atomic mass is 9.87. The fourth-order valence-electron chi connectivity index (χ4n) is 2.62. The predicted molar refractivity (Wildman–Crippen MR) is 77.4 cm³/mol. The van der Waals surface area contributed by atoms with Crippen molar-refractivity contribution in [3.63, 3.8) is 0 Å². The largest absolute Gasteiger partial charge is 0.462 e. The SMILES string of the molecule is CCOC(=O)c1ccccc1NC1CCC(C)CC1. The van der Waals surface area contributed by atoms with Gasteiger partial charge in [-0.05, 0) is 50.7 Å². The van der Waals surface area contributed by atoms with Crippen LogP contribution in [0.5, 0.6) is 0 Å². The molecule has 1 saturated carbocycles. The van der Waals surface area contributed by atoms with E-state index in [-0.39, 0.29) is 5.97 Å². The van der Waals surface area contributed by atoms with Crippen LogP contribution in [0.25, 0.3) is 0 Å². The number of carbonyl (C=O) groups excluding carboxylic acids is 1. The third-order valence-electron chi connectivity index (χ3n) is 3.80. The van der Waals surface area contributed by atoms with Crippen LogP contribution >= 0.6 is 0 Å². The molecule has 0 atom stereocenters. The van der Waals surface area contributed by atoms with Crippen LogP contribution in [0, 0.1) is 5.92 Å². The molecule has 1 N–H and O–H groups in total. The molecule has 0 unspecified atom stereocenters. The number of ether oxygens (including phenoxy) is 1. The molecule has 1 fully saturated rings. The van der Waals surface area contributed by atoms with Crippen molar-refractivity contribution in [3.05, 3.63) is 29.8 Å². The molecule has 1 aromatic rings. The van der Waals surface area contributed by atoms with Gasteiger partial charge in [0.1, 0.15) is 0 Å². The van der Waals surface area contributed by atoms with Crippen LogP contribution in [-0.4, -0.2) is 18.6 Å². The van der Waals surface area contributed by atoms with Gasteiger partial charge in [0.15, 0.2) is 0 Å². The van der Waals surface area contributed by atoms with Gasteiger partial charge in [0.05, 0.1) is 12.2 Å². The van der Waals surface area contributed by atoms with E-state index < -0.39 is 0 Å². The van der Waals surface area contributed by atoms with E-state index in [2.05, 4.69) is 12.2 Å². The van der Waals surface area contributed by atoms with Crippen LogP contribution in [0.3, 0.4) is 0 Å². The van der Waals surface area contributed by atoms with Crippen LogP contribution in [-0.2, 0) is 4.74 Å². The van der Waals surface area contributed by atoms with Crippen LogP contribution in [0.1, 0.15) is 49.9 Å². The highest BCUT2D eigenvalue weighted by Gasteiger charge is 2.20. The van der Waals surface area contributed by atoms with Crippen LogP contribution in [0.4, 0.5) is 5.69 Å². The molecule has 0 saturated heterocycles. The van der Waals surface area contributed by atoms with Crippen molar-refractivity contribution in [3.8, 4) is 0 Å². The Kier molecular flexibility index (Phi) is 4.83. The molecule has 0 radical (unpaired) electrons. The average molecular weight is 261 g/mol. The number of nitrogens with one attached hydrogen (secondary N) is 1. The normalized spacial score (nSPS) is 22.8. The Morgan fingerprint density at radius 2 is 1.95 bits per heavy atom. The first-order valence-corrected chi connectivity index (χ1v) is 7.23. The molecule has 2 rings (SSSR count). The summed E-state index contributed by atoms with van der Waals surface area (Å²) in [6.07, 6.45) is 4.88. The number of anilines is 1. The molecule has 3 heteroatoms. The number of carbonyl (C=O) groups is 1. The van der Waals surface area contributed by atoms with Gasteiger partial charge in [-0.2, -0.15) is 0 Å². The summed E-state index contributed by atoms with van der Waals surface area (Å²) in [5.74, 6) is 0.591. The maximum atomic E-state index is 11.9. The number of rotatable bonds is 4. The lowest BCUT2D eigenvalue weighted by molar-refractivity contribution is 0.0527. The summed E-state index contributed by atoms with van der Waals surface area (Å²) in [7, 11) is 0. The number of esters is 1. The Bertz CT molecular complexity index is 423. The van der Waals surface area contributed by atoms with Crippen molar-refractivity contribution < 1.29 is 9.53 Å². The summed E-state index contributed by atoms with van der Waals surface area (Å²) < 4.78 is 5.10. The van der Waals surface area contributed by atoms with Gasteiger partial charge in [-0.25, -0.2) is 4.79 Å². The van der Waals surface area contributed by atoms with E-state index in [9.17, 15) is 4.79 Å². The van der Waals surface area contributed by atoms with Gasteiger partial charge in [-0.15, -0.1) is 0 Å². The molecular weight excluding hydrogens is 238 g/mol. The second kappa shape index (κ2) is 6.60. The number of hydrogen-bond acceptors (Lipinski definition) is 3. The lowest BCUT2D eigenvalue weighted by Gasteiger charge is -2.28. The fraction of sp³-hybridized carbons (Fsp3) is 0.562. The van der Waals surface area contributed by atoms with E-state index in [0.717, 1.165) is 11.6 Å². The lowest BCUT2D eigenvalue weighted by Crippen LogP contribution is -2.26. The quantitative estimate of drug-likeness (QED) is 0.836. The molecule has 3 nitrogen and oxygen atoms in total. The topological polar surface area (TPSA) is 38.3 Å². The van der Waals surface area contributed by atoms with Crippen molar-refractivity contribution >= 4 is 11.7 Å². The maximum absolute atomic E-state index is 11.9. The highest BCUT2D eigenvalue weighted by molar-refractivity contribution is 5.95. The van der Waals surface area contributed by atoms with E-state index in [1.54, 1.807) is 0 Å². The summed E-state index contributed by atoms with van der Waals surface area (Å²) in [5.41, 5.74) is 1.54. The molecule has 1 aliphatic carbocycles. The fourth-order valence-corrected chi connectivity index (χ4v) is 2.62. The van der Waals surface area contributed by atoms with Gasteiger partial charge in [0.2, 0.25) is 0 Å². The highest BCUT2D eigenvalue weighted by atomic mass is 16.5. The van der Waals surface area contributed by atoms with E-state index in [1.807, 2.05) is 31.2 Å². The van der Waals surface area contributed by atoms with Crippen molar-refractivity contribution in [1.29, 1.82) is 0 Å².